The molecule has 0 aromatic heterocycles. The van der Waals surface area contributed by atoms with Crippen molar-refractivity contribution in [2.24, 2.45) is 5.92 Å². The van der Waals surface area contributed by atoms with E-state index in [0.29, 0.717) is 0 Å². The summed E-state index contributed by atoms with van der Waals surface area (Å²) in [7, 11) is 0. The SMILES string of the molecule is O=C(COC(=O)C[C@@H]1C=CCC1)Nc1ccc(Cl)c(C(F)(F)F)c1. The van der Waals surface area contributed by atoms with Crippen LogP contribution in [-0.4, -0.2) is 18.5 Å². The van der Waals surface area contributed by atoms with Crippen LogP contribution in [0.15, 0.2) is 30.4 Å². The van der Waals surface area contributed by atoms with Gasteiger partial charge in [0, 0.05) is 5.69 Å². The molecule has 1 amide bonds. The fraction of sp³-hybridized carbons (Fsp3) is 0.375. The lowest BCUT2D eigenvalue weighted by Gasteiger charge is -2.12. The first-order valence-electron chi connectivity index (χ1n) is 7.24. The number of esters is 1. The maximum absolute atomic E-state index is 12.7. The minimum absolute atomic E-state index is 0.0773. The van der Waals surface area contributed by atoms with Crippen molar-refractivity contribution >= 4 is 29.2 Å². The van der Waals surface area contributed by atoms with Crippen molar-refractivity contribution in [1.29, 1.82) is 0 Å². The second kappa shape index (κ2) is 7.70. The second-order valence-corrected chi connectivity index (χ2v) is 5.78. The molecule has 1 aliphatic rings. The number of ether oxygens (including phenoxy) is 1. The first-order chi connectivity index (χ1) is 11.3. The molecular weight excluding hydrogens is 347 g/mol. The molecule has 2 rings (SSSR count). The number of alkyl halides is 3. The highest BCUT2D eigenvalue weighted by Gasteiger charge is 2.33. The van der Waals surface area contributed by atoms with E-state index in [2.05, 4.69) is 5.32 Å². The lowest BCUT2D eigenvalue weighted by Crippen LogP contribution is -2.22. The van der Waals surface area contributed by atoms with Crippen LogP contribution in [0.3, 0.4) is 0 Å². The lowest BCUT2D eigenvalue weighted by molar-refractivity contribution is -0.147. The highest BCUT2D eigenvalue weighted by Crippen LogP contribution is 2.36. The third-order valence-corrected chi connectivity index (χ3v) is 3.79. The zero-order chi connectivity index (χ0) is 17.7. The van der Waals surface area contributed by atoms with Crippen LogP contribution in [0.2, 0.25) is 5.02 Å². The maximum atomic E-state index is 12.7. The van der Waals surface area contributed by atoms with Crippen LogP contribution in [-0.2, 0) is 20.5 Å². The zero-order valence-corrected chi connectivity index (χ0v) is 13.3. The van der Waals surface area contributed by atoms with E-state index in [9.17, 15) is 22.8 Å². The highest BCUT2D eigenvalue weighted by atomic mass is 35.5. The summed E-state index contributed by atoms with van der Waals surface area (Å²) in [6.07, 6.45) is 1.24. The Labute approximate surface area is 141 Å². The van der Waals surface area contributed by atoms with Gasteiger partial charge in [0.1, 0.15) is 0 Å². The Bertz CT molecular complexity index is 658. The van der Waals surface area contributed by atoms with Gasteiger partial charge in [-0.05, 0) is 37.0 Å². The maximum Gasteiger partial charge on any atom is 0.417 e. The summed E-state index contributed by atoms with van der Waals surface area (Å²) in [6, 6.07) is 3.00. The summed E-state index contributed by atoms with van der Waals surface area (Å²) >= 11 is 5.49. The molecule has 24 heavy (non-hydrogen) atoms. The summed E-state index contributed by atoms with van der Waals surface area (Å²) < 4.78 is 43.1. The van der Waals surface area contributed by atoms with Gasteiger partial charge in [0.25, 0.3) is 5.91 Å². The number of carbonyl (C=O) groups excluding carboxylic acids is 2. The van der Waals surface area contributed by atoms with Crippen LogP contribution in [0, 0.1) is 5.92 Å². The number of anilines is 1. The lowest BCUT2D eigenvalue weighted by atomic mass is 10.1. The largest absolute Gasteiger partial charge is 0.456 e. The van der Waals surface area contributed by atoms with Crippen molar-refractivity contribution in [2.75, 3.05) is 11.9 Å². The Balaban J connectivity index is 1.86. The summed E-state index contributed by atoms with van der Waals surface area (Å²) in [6.45, 7) is -0.556. The van der Waals surface area contributed by atoms with Gasteiger partial charge in [-0.15, -0.1) is 0 Å². The highest BCUT2D eigenvalue weighted by molar-refractivity contribution is 6.31. The van der Waals surface area contributed by atoms with Gasteiger partial charge in [0.2, 0.25) is 0 Å². The third kappa shape index (κ3) is 5.26. The zero-order valence-electron chi connectivity index (χ0n) is 12.5. The molecule has 0 saturated carbocycles. The van der Waals surface area contributed by atoms with Crippen LogP contribution in [0.5, 0.6) is 0 Å². The number of rotatable bonds is 5. The van der Waals surface area contributed by atoms with Crippen LogP contribution < -0.4 is 5.32 Å². The molecule has 0 saturated heterocycles. The van der Waals surface area contributed by atoms with Gasteiger partial charge >= 0.3 is 12.1 Å². The second-order valence-electron chi connectivity index (χ2n) is 5.37. The minimum atomic E-state index is -4.63. The molecular formula is C16H15ClF3NO3. The fourth-order valence-electron chi connectivity index (χ4n) is 2.30. The minimum Gasteiger partial charge on any atom is -0.456 e. The Morgan fingerprint density at radius 3 is 2.71 bits per heavy atom. The standard InChI is InChI=1S/C16H15ClF3NO3/c17-13-6-5-11(8-12(13)16(18,19)20)21-14(22)9-24-15(23)7-10-3-1-2-4-10/h1,3,5-6,8,10H,2,4,7,9H2,(H,21,22)/t10-/m1/s1. The van der Waals surface area contributed by atoms with Crippen LogP contribution in [0.4, 0.5) is 18.9 Å². The van der Waals surface area contributed by atoms with E-state index in [4.69, 9.17) is 16.3 Å². The molecule has 0 unspecified atom stereocenters. The summed E-state index contributed by atoms with van der Waals surface area (Å²) in [5.41, 5.74) is -1.13. The fourth-order valence-corrected chi connectivity index (χ4v) is 2.53. The Hall–Kier alpha value is -2.02. The number of amides is 1. The molecule has 0 radical (unpaired) electrons. The van der Waals surface area contributed by atoms with Gasteiger partial charge in [-0.2, -0.15) is 13.2 Å². The Morgan fingerprint density at radius 2 is 2.08 bits per heavy atom. The van der Waals surface area contributed by atoms with Gasteiger partial charge < -0.3 is 10.1 Å². The molecule has 0 aliphatic heterocycles. The average Bonchev–Trinajstić information content (AvgIpc) is 2.99. The molecule has 1 aliphatic carbocycles. The van der Waals surface area contributed by atoms with Crippen LogP contribution in [0.1, 0.15) is 24.8 Å². The van der Waals surface area contributed by atoms with Gasteiger partial charge in [-0.3, -0.25) is 9.59 Å². The molecule has 8 heteroatoms. The first-order valence-corrected chi connectivity index (χ1v) is 7.62. The van der Waals surface area contributed by atoms with Crippen molar-refractivity contribution < 1.29 is 27.5 Å². The smallest absolute Gasteiger partial charge is 0.417 e. The summed E-state index contributed by atoms with van der Waals surface area (Å²) in [5.74, 6) is -1.12. The number of carbonyl (C=O) groups is 2. The van der Waals surface area contributed by atoms with Crippen LogP contribution in [0.25, 0.3) is 0 Å². The molecule has 0 fully saturated rings. The number of allylic oxidation sites excluding steroid dienone is 2. The van der Waals surface area contributed by atoms with Crippen molar-refractivity contribution in [3.8, 4) is 0 Å². The molecule has 0 bridgehead atoms. The molecule has 4 nitrogen and oxygen atoms in total. The number of benzene rings is 1. The molecule has 0 heterocycles. The van der Waals surface area contributed by atoms with Gasteiger partial charge in [-0.1, -0.05) is 23.8 Å². The van der Waals surface area contributed by atoms with Gasteiger partial charge in [-0.25, -0.2) is 0 Å². The van der Waals surface area contributed by atoms with Gasteiger partial charge in [0.15, 0.2) is 6.61 Å². The first kappa shape index (κ1) is 18.3. The number of hydrogen-bond acceptors (Lipinski definition) is 3. The van der Waals surface area contributed by atoms with E-state index < -0.39 is 35.2 Å². The Kier molecular flexibility index (Phi) is 5.88. The molecule has 1 N–H and O–H groups in total. The average molecular weight is 362 g/mol. The van der Waals surface area contributed by atoms with Crippen molar-refractivity contribution in [3.63, 3.8) is 0 Å². The van der Waals surface area contributed by atoms with Crippen LogP contribution >= 0.6 is 11.6 Å². The molecule has 1 atom stereocenters. The quantitative estimate of drug-likeness (QED) is 0.631. The van der Waals surface area contributed by atoms with E-state index in [0.717, 1.165) is 25.0 Å². The predicted octanol–water partition coefficient (Wildman–Crippen LogP) is 4.20. The number of hydrogen-bond donors (Lipinski definition) is 1. The molecule has 130 valence electrons. The van der Waals surface area contributed by atoms with E-state index in [1.165, 1.54) is 6.07 Å². The summed E-state index contributed by atoms with van der Waals surface area (Å²) in [4.78, 5) is 23.3. The topological polar surface area (TPSA) is 55.4 Å². The van der Waals surface area contributed by atoms with Crippen molar-refractivity contribution in [3.05, 3.63) is 40.9 Å². The van der Waals surface area contributed by atoms with Gasteiger partial charge in [0.05, 0.1) is 17.0 Å². The number of halogens is 4. The van der Waals surface area contributed by atoms with E-state index >= 15 is 0 Å². The van der Waals surface area contributed by atoms with E-state index in [-0.39, 0.29) is 18.0 Å². The van der Waals surface area contributed by atoms with Crippen molar-refractivity contribution in [1.82, 2.24) is 0 Å². The van der Waals surface area contributed by atoms with Crippen molar-refractivity contribution in [2.45, 2.75) is 25.4 Å². The molecule has 1 aromatic carbocycles. The van der Waals surface area contributed by atoms with E-state index in [1.54, 1.807) is 0 Å². The van der Waals surface area contributed by atoms with E-state index in [1.807, 2.05) is 12.2 Å². The number of nitrogens with one attached hydrogen (secondary N) is 1. The third-order valence-electron chi connectivity index (χ3n) is 3.46. The normalized spacial score (nSPS) is 16.9. The molecule has 0 spiro atoms. The Morgan fingerprint density at radius 1 is 1.33 bits per heavy atom. The summed E-state index contributed by atoms with van der Waals surface area (Å²) in [5, 5.41) is 1.78. The molecule has 1 aromatic rings. The monoisotopic (exact) mass is 361 g/mol. The predicted molar refractivity (Wildman–Crippen MR) is 82.5 cm³/mol.